The Bertz CT molecular complexity index is 1140. The minimum Gasteiger partial charge on any atom is -0.436 e. The van der Waals surface area contributed by atoms with E-state index in [-0.39, 0.29) is 11.6 Å². The fourth-order valence-electron chi connectivity index (χ4n) is 4.89. The zero-order valence-corrected chi connectivity index (χ0v) is 17.4. The van der Waals surface area contributed by atoms with Gasteiger partial charge in [-0.25, -0.2) is 4.98 Å². The molecular formula is C22H23N5O4. The van der Waals surface area contributed by atoms with Crippen molar-refractivity contribution in [2.75, 3.05) is 13.1 Å². The molecule has 2 aliphatic rings. The summed E-state index contributed by atoms with van der Waals surface area (Å²) in [4.78, 5) is 34.7. The average Bonchev–Trinajstić information content (AvgIpc) is 3.16. The highest BCUT2D eigenvalue weighted by Crippen LogP contribution is 2.54. The maximum atomic E-state index is 12.7. The van der Waals surface area contributed by atoms with Crippen LogP contribution in [0.3, 0.4) is 0 Å². The number of fused-ring (bicyclic) bond motifs is 1. The topological polar surface area (TPSA) is 128 Å². The van der Waals surface area contributed by atoms with Crippen LogP contribution in [0.2, 0.25) is 0 Å². The number of nitrogens with zero attached hydrogens (tertiary/aromatic N) is 4. The summed E-state index contributed by atoms with van der Waals surface area (Å²) >= 11 is 0. The second-order valence-corrected chi connectivity index (χ2v) is 8.33. The van der Waals surface area contributed by atoms with Gasteiger partial charge in [0.2, 0.25) is 5.76 Å². The number of rotatable bonds is 6. The Kier molecular flexibility index (Phi) is 4.60. The summed E-state index contributed by atoms with van der Waals surface area (Å²) in [6, 6.07) is 3.67. The molecule has 1 aliphatic heterocycles. The molecule has 0 bridgehead atoms. The van der Waals surface area contributed by atoms with Gasteiger partial charge in [-0.2, -0.15) is 0 Å². The zero-order chi connectivity index (χ0) is 21.7. The van der Waals surface area contributed by atoms with E-state index in [4.69, 9.17) is 14.7 Å². The van der Waals surface area contributed by atoms with E-state index in [2.05, 4.69) is 15.1 Å². The van der Waals surface area contributed by atoms with Gasteiger partial charge >= 0.3 is 0 Å². The van der Waals surface area contributed by atoms with Crippen LogP contribution in [0, 0.1) is 31.6 Å². The van der Waals surface area contributed by atoms with Crippen LogP contribution in [0.1, 0.15) is 44.6 Å². The second-order valence-electron chi connectivity index (χ2n) is 8.33. The van der Waals surface area contributed by atoms with Gasteiger partial charge in [0, 0.05) is 43.5 Å². The third kappa shape index (κ3) is 3.39. The monoisotopic (exact) mass is 421 g/mol. The first-order chi connectivity index (χ1) is 14.9. The van der Waals surface area contributed by atoms with Crippen molar-refractivity contribution in [3.05, 3.63) is 53.1 Å². The van der Waals surface area contributed by atoms with Crippen LogP contribution < -0.4 is 5.73 Å². The standard InChI is InChI=1S/C22H23N5O4/c1-11-19(30-12(2)25-11)22(29)27-9-16-14(17(16)10-27)5-6-15-18(21(23)28)26-31-20(15)13-4-3-7-24-8-13/h3-4,7-8,14,16-17H,5-6,9-10H2,1-2H3,(H2,23,28). The van der Waals surface area contributed by atoms with Gasteiger partial charge in [0.25, 0.3) is 11.8 Å². The fraction of sp³-hybridized carbons (Fsp3) is 0.409. The highest BCUT2D eigenvalue weighted by atomic mass is 16.5. The van der Waals surface area contributed by atoms with Crippen LogP contribution >= 0.6 is 0 Å². The summed E-state index contributed by atoms with van der Waals surface area (Å²) in [6.45, 7) is 4.97. The van der Waals surface area contributed by atoms with Crippen LogP contribution in [0.25, 0.3) is 11.3 Å². The van der Waals surface area contributed by atoms with Gasteiger partial charge in [0.1, 0.15) is 0 Å². The molecule has 2 atom stereocenters. The molecule has 3 aromatic heterocycles. The molecule has 9 nitrogen and oxygen atoms in total. The number of aromatic nitrogens is 3. The highest BCUT2D eigenvalue weighted by Gasteiger charge is 2.56. The lowest BCUT2D eigenvalue weighted by Crippen LogP contribution is -2.31. The molecule has 4 heterocycles. The van der Waals surface area contributed by atoms with Crippen LogP contribution in [0.15, 0.2) is 33.5 Å². The fourth-order valence-corrected chi connectivity index (χ4v) is 4.89. The number of primary amides is 1. The lowest BCUT2D eigenvalue weighted by atomic mass is 10.00. The number of hydrogen-bond acceptors (Lipinski definition) is 7. The van der Waals surface area contributed by atoms with Crippen LogP contribution in [-0.4, -0.2) is 44.9 Å². The Morgan fingerprint density at radius 3 is 2.65 bits per heavy atom. The van der Waals surface area contributed by atoms with Gasteiger partial charge in [-0.1, -0.05) is 5.16 Å². The zero-order valence-electron chi connectivity index (χ0n) is 17.4. The molecule has 2 unspecified atom stereocenters. The average molecular weight is 421 g/mol. The molecule has 5 rings (SSSR count). The number of nitrogens with two attached hydrogens (primary N) is 1. The maximum Gasteiger partial charge on any atom is 0.291 e. The van der Waals surface area contributed by atoms with Crippen molar-refractivity contribution in [2.24, 2.45) is 23.5 Å². The first kappa shape index (κ1) is 19.5. The number of carbonyl (C=O) groups is 2. The van der Waals surface area contributed by atoms with E-state index < -0.39 is 5.91 Å². The summed E-state index contributed by atoms with van der Waals surface area (Å²) in [5.74, 6) is 2.13. The lowest BCUT2D eigenvalue weighted by molar-refractivity contribution is 0.0732. The molecule has 2 amide bonds. The number of likely N-dealkylation sites (tertiary alicyclic amines) is 1. The number of oxazole rings is 1. The van der Waals surface area contributed by atoms with Gasteiger partial charge in [-0.15, -0.1) is 0 Å². The second kappa shape index (κ2) is 7.33. The van der Waals surface area contributed by atoms with Crippen LogP contribution in [0.4, 0.5) is 0 Å². The lowest BCUT2D eigenvalue weighted by Gasteiger charge is -2.18. The predicted octanol–water partition coefficient (Wildman–Crippen LogP) is 2.39. The van der Waals surface area contributed by atoms with Gasteiger partial charge < -0.3 is 19.6 Å². The first-order valence-corrected chi connectivity index (χ1v) is 10.4. The van der Waals surface area contributed by atoms with Crippen molar-refractivity contribution in [3.8, 4) is 11.3 Å². The molecule has 2 fully saturated rings. The SMILES string of the molecule is Cc1nc(C)c(C(=O)N2CC3C(CCc4c(C(N)=O)noc4-c4cccnc4)C3C2)o1. The highest BCUT2D eigenvalue weighted by molar-refractivity contribution is 5.94. The van der Waals surface area contributed by atoms with Crippen molar-refractivity contribution < 1.29 is 18.5 Å². The summed E-state index contributed by atoms with van der Waals surface area (Å²) in [7, 11) is 0. The molecule has 0 radical (unpaired) electrons. The van der Waals surface area contributed by atoms with E-state index in [1.54, 1.807) is 32.3 Å². The van der Waals surface area contributed by atoms with Crippen molar-refractivity contribution in [2.45, 2.75) is 26.7 Å². The Morgan fingerprint density at radius 2 is 2.03 bits per heavy atom. The molecule has 0 aromatic carbocycles. The van der Waals surface area contributed by atoms with E-state index >= 15 is 0 Å². The number of carbonyl (C=O) groups excluding carboxylic acids is 2. The van der Waals surface area contributed by atoms with Crippen LogP contribution in [-0.2, 0) is 6.42 Å². The van der Waals surface area contributed by atoms with Crippen molar-refractivity contribution >= 4 is 11.8 Å². The van der Waals surface area contributed by atoms with E-state index in [0.29, 0.717) is 47.3 Å². The van der Waals surface area contributed by atoms with Gasteiger partial charge in [0.15, 0.2) is 17.3 Å². The maximum absolute atomic E-state index is 12.7. The third-order valence-electron chi connectivity index (χ3n) is 6.43. The van der Waals surface area contributed by atoms with Crippen molar-refractivity contribution in [3.63, 3.8) is 0 Å². The summed E-state index contributed by atoms with van der Waals surface area (Å²) in [5.41, 5.74) is 7.81. The van der Waals surface area contributed by atoms with E-state index in [1.807, 2.05) is 11.0 Å². The molecule has 0 spiro atoms. The number of piperidine rings is 1. The Labute approximate surface area is 178 Å². The van der Waals surface area contributed by atoms with E-state index in [1.165, 1.54) is 0 Å². The molecule has 160 valence electrons. The molecule has 1 aliphatic carbocycles. The summed E-state index contributed by atoms with van der Waals surface area (Å²) in [5, 5.41) is 3.90. The Balaban J connectivity index is 1.24. The third-order valence-corrected chi connectivity index (χ3v) is 6.43. The molecule has 3 aromatic rings. The summed E-state index contributed by atoms with van der Waals surface area (Å²) in [6.07, 6.45) is 4.87. The minimum absolute atomic E-state index is 0.0852. The summed E-state index contributed by atoms with van der Waals surface area (Å²) < 4.78 is 10.9. The van der Waals surface area contributed by atoms with Crippen molar-refractivity contribution in [1.82, 2.24) is 20.0 Å². The van der Waals surface area contributed by atoms with Crippen LogP contribution in [0.5, 0.6) is 0 Å². The molecule has 31 heavy (non-hydrogen) atoms. The van der Waals surface area contributed by atoms with Gasteiger partial charge in [0.05, 0.1) is 5.69 Å². The predicted molar refractivity (Wildman–Crippen MR) is 109 cm³/mol. The molecule has 1 saturated carbocycles. The minimum atomic E-state index is -0.598. The number of pyridine rings is 1. The molecule has 1 saturated heterocycles. The quantitative estimate of drug-likeness (QED) is 0.647. The Morgan fingerprint density at radius 1 is 1.26 bits per heavy atom. The largest absolute Gasteiger partial charge is 0.436 e. The number of amides is 2. The van der Waals surface area contributed by atoms with E-state index in [0.717, 1.165) is 30.6 Å². The smallest absolute Gasteiger partial charge is 0.291 e. The van der Waals surface area contributed by atoms with Crippen molar-refractivity contribution in [1.29, 1.82) is 0 Å². The van der Waals surface area contributed by atoms with Gasteiger partial charge in [-0.05, 0) is 49.7 Å². The molecule has 2 N–H and O–H groups in total. The number of hydrogen-bond donors (Lipinski definition) is 1. The number of aryl methyl sites for hydroxylation is 2. The molecule has 9 heteroatoms. The first-order valence-electron chi connectivity index (χ1n) is 10.4. The Hall–Kier alpha value is -3.49. The van der Waals surface area contributed by atoms with E-state index in [9.17, 15) is 9.59 Å². The molecular weight excluding hydrogens is 398 g/mol. The van der Waals surface area contributed by atoms with Gasteiger partial charge in [-0.3, -0.25) is 14.6 Å². The normalized spacial score (nSPS) is 21.9.